The Balaban J connectivity index is 1.55. The molecule has 0 saturated heterocycles. The molecule has 8 heteroatoms. The van der Waals surface area contributed by atoms with Gasteiger partial charge in [0.15, 0.2) is 5.69 Å². The lowest BCUT2D eigenvalue weighted by Gasteiger charge is -2.56. The van der Waals surface area contributed by atoms with Crippen molar-refractivity contribution in [2.24, 2.45) is 23.2 Å². The molecule has 1 heterocycles. The predicted molar refractivity (Wildman–Crippen MR) is 126 cm³/mol. The predicted octanol–water partition coefficient (Wildman–Crippen LogP) is 2.36. The number of rotatable bonds is 7. The fourth-order valence-corrected chi connectivity index (χ4v) is 6.92. The van der Waals surface area contributed by atoms with Gasteiger partial charge in [0.1, 0.15) is 5.82 Å². The highest BCUT2D eigenvalue weighted by Gasteiger charge is 2.56. The molecule has 2 aromatic rings. The van der Waals surface area contributed by atoms with Crippen molar-refractivity contribution in [3.63, 3.8) is 0 Å². The Morgan fingerprint density at radius 2 is 1.73 bits per heavy atom. The third kappa shape index (κ3) is 3.90. The third-order valence-corrected chi connectivity index (χ3v) is 7.92. The molecule has 0 unspecified atom stereocenters. The minimum absolute atomic E-state index is 0.0155. The van der Waals surface area contributed by atoms with Crippen molar-refractivity contribution in [3.8, 4) is 0 Å². The number of methoxy groups -OCH3 is 1. The molecule has 0 aliphatic heterocycles. The Morgan fingerprint density at radius 3 is 2.30 bits per heavy atom. The third-order valence-electron chi connectivity index (χ3n) is 7.92. The van der Waals surface area contributed by atoms with Crippen LogP contribution in [0.3, 0.4) is 0 Å². The molecule has 1 aromatic carbocycles. The van der Waals surface area contributed by atoms with Crippen LogP contribution in [0.1, 0.15) is 44.1 Å². The van der Waals surface area contributed by atoms with E-state index in [0.29, 0.717) is 17.8 Å². The van der Waals surface area contributed by atoms with Gasteiger partial charge in [0.05, 0.1) is 18.6 Å². The van der Waals surface area contributed by atoms with Gasteiger partial charge in [-0.3, -0.25) is 19.1 Å². The molecule has 0 spiro atoms. The zero-order valence-electron chi connectivity index (χ0n) is 19.1. The second kappa shape index (κ2) is 8.48. The van der Waals surface area contributed by atoms with Gasteiger partial charge in [-0.05, 0) is 61.8 Å². The number of nitrogens with one attached hydrogen (secondary N) is 1. The number of hydrogen-bond acceptors (Lipinski definition) is 5. The summed E-state index contributed by atoms with van der Waals surface area (Å²) in [6.45, 7) is 0.696. The summed E-state index contributed by atoms with van der Waals surface area (Å²) in [4.78, 5) is 43.7. The lowest BCUT2D eigenvalue weighted by Crippen LogP contribution is -2.56. The fraction of sp³-hybridized carbons (Fsp3) is 0.560. The first kappa shape index (κ1) is 21.9. The summed E-state index contributed by atoms with van der Waals surface area (Å²) < 4.78 is 6.61. The van der Waals surface area contributed by atoms with Crippen LogP contribution in [0.25, 0.3) is 0 Å². The quantitative estimate of drug-likeness (QED) is 0.670. The molecule has 33 heavy (non-hydrogen) atoms. The number of aromatic nitrogens is 2. The van der Waals surface area contributed by atoms with Gasteiger partial charge < -0.3 is 15.4 Å². The van der Waals surface area contributed by atoms with E-state index in [-0.39, 0.29) is 37.1 Å². The molecule has 176 valence electrons. The number of nitrogen functional groups attached to an aromatic ring is 1. The summed E-state index contributed by atoms with van der Waals surface area (Å²) >= 11 is 0. The molecule has 4 bridgehead atoms. The molecule has 1 amide bonds. The van der Waals surface area contributed by atoms with E-state index in [9.17, 15) is 14.4 Å². The second-order valence-corrected chi connectivity index (χ2v) is 10.2. The normalized spacial score (nSPS) is 27.6. The zero-order chi connectivity index (χ0) is 23.2. The van der Waals surface area contributed by atoms with Gasteiger partial charge in [-0.2, -0.15) is 0 Å². The van der Waals surface area contributed by atoms with Crippen LogP contribution in [0, 0.1) is 23.2 Å². The van der Waals surface area contributed by atoms with E-state index >= 15 is 0 Å². The Morgan fingerprint density at radius 1 is 1.12 bits per heavy atom. The Kier molecular flexibility index (Phi) is 5.64. The van der Waals surface area contributed by atoms with Crippen LogP contribution in [0.5, 0.6) is 0 Å². The highest BCUT2D eigenvalue weighted by atomic mass is 16.5. The van der Waals surface area contributed by atoms with Crippen LogP contribution < -0.4 is 21.9 Å². The standard InChI is InChI=1S/C25H32N4O4/c1-33-8-7-28(23(31)25-12-17-9-18(13-25)11-19(10-17)14-25)20-21(26)29(24(32)27-22(20)30)15-16-5-3-2-4-6-16/h2-6,17-19H,7-15,26H2,1H3,(H,27,30,32). The van der Waals surface area contributed by atoms with E-state index in [1.54, 1.807) is 7.11 Å². The highest BCUT2D eigenvalue weighted by molar-refractivity contribution is 5.99. The average molecular weight is 453 g/mol. The number of amides is 1. The molecule has 4 aliphatic rings. The number of carbonyl (C=O) groups excluding carboxylic acids is 1. The number of anilines is 2. The first-order valence-corrected chi connectivity index (χ1v) is 11.9. The Bertz CT molecular complexity index is 1120. The van der Waals surface area contributed by atoms with Gasteiger partial charge >= 0.3 is 5.69 Å². The fourth-order valence-electron chi connectivity index (χ4n) is 6.92. The monoisotopic (exact) mass is 452 g/mol. The van der Waals surface area contributed by atoms with Crippen molar-refractivity contribution in [1.29, 1.82) is 0 Å². The van der Waals surface area contributed by atoms with Gasteiger partial charge in [-0.1, -0.05) is 30.3 Å². The molecular weight excluding hydrogens is 420 g/mol. The minimum atomic E-state index is -0.629. The molecule has 4 saturated carbocycles. The van der Waals surface area contributed by atoms with E-state index in [1.165, 1.54) is 28.7 Å². The average Bonchev–Trinajstić information content (AvgIpc) is 2.78. The maximum absolute atomic E-state index is 14.1. The molecule has 6 rings (SSSR count). The van der Waals surface area contributed by atoms with E-state index in [2.05, 4.69) is 4.98 Å². The van der Waals surface area contributed by atoms with Gasteiger partial charge in [0.25, 0.3) is 5.56 Å². The Hall–Kier alpha value is -2.87. The van der Waals surface area contributed by atoms with Crippen molar-refractivity contribution in [3.05, 3.63) is 56.7 Å². The minimum Gasteiger partial charge on any atom is -0.383 e. The summed E-state index contributed by atoms with van der Waals surface area (Å²) in [5.41, 5.74) is 5.72. The van der Waals surface area contributed by atoms with Crippen LogP contribution in [-0.4, -0.2) is 35.7 Å². The van der Waals surface area contributed by atoms with Gasteiger partial charge in [0.2, 0.25) is 5.91 Å². The van der Waals surface area contributed by atoms with Crippen molar-refractivity contribution in [2.45, 2.75) is 45.1 Å². The zero-order valence-corrected chi connectivity index (χ0v) is 19.1. The van der Waals surface area contributed by atoms with E-state index in [1.807, 2.05) is 30.3 Å². The van der Waals surface area contributed by atoms with Gasteiger partial charge in [-0.25, -0.2) is 4.79 Å². The van der Waals surface area contributed by atoms with E-state index in [0.717, 1.165) is 24.8 Å². The maximum Gasteiger partial charge on any atom is 0.330 e. The molecule has 1 aromatic heterocycles. The lowest BCUT2D eigenvalue weighted by molar-refractivity contribution is -0.143. The van der Waals surface area contributed by atoms with Crippen LogP contribution in [-0.2, 0) is 16.1 Å². The largest absolute Gasteiger partial charge is 0.383 e. The van der Waals surface area contributed by atoms with Gasteiger partial charge in [0, 0.05) is 13.7 Å². The van der Waals surface area contributed by atoms with Crippen molar-refractivity contribution in [2.75, 3.05) is 30.9 Å². The lowest BCUT2D eigenvalue weighted by atomic mass is 9.49. The summed E-state index contributed by atoms with van der Waals surface area (Å²) in [7, 11) is 1.57. The summed E-state index contributed by atoms with van der Waals surface area (Å²) in [6.07, 6.45) is 6.29. The number of nitrogens with two attached hydrogens (primary N) is 1. The van der Waals surface area contributed by atoms with E-state index in [4.69, 9.17) is 10.5 Å². The topological polar surface area (TPSA) is 110 Å². The number of carbonyl (C=O) groups is 1. The highest BCUT2D eigenvalue weighted by Crippen LogP contribution is 2.60. The Labute approximate surface area is 192 Å². The van der Waals surface area contributed by atoms with Crippen LogP contribution in [0.4, 0.5) is 11.5 Å². The number of H-pyrrole nitrogens is 1. The number of aromatic amines is 1. The first-order valence-electron chi connectivity index (χ1n) is 11.9. The van der Waals surface area contributed by atoms with Crippen LogP contribution in [0.15, 0.2) is 39.9 Å². The van der Waals surface area contributed by atoms with Crippen molar-refractivity contribution < 1.29 is 9.53 Å². The van der Waals surface area contributed by atoms with Crippen molar-refractivity contribution in [1.82, 2.24) is 9.55 Å². The van der Waals surface area contributed by atoms with Crippen LogP contribution in [0.2, 0.25) is 0 Å². The molecule has 8 nitrogen and oxygen atoms in total. The summed E-state index contributed by atoms with van der Waals surface area (Å²) in [5.74, 6) is 1.74. The molecule has 0 radical (unpaired) electrons. The summed E-state index contributed by atoms with van der Waals surface area (Å²) in [6, 6.07) is 9.43. The van der Waals surface area contributed by atoms with Gasteiger partial charge in [-0.15, -0.1) is 0 Å². The van der Waals surface area contributed by atoms with Crippen molar-refractivity contribution >= 4 is 17.4 Å². The number of hydrogen-bond donors (Lipinski definition) is 2. The smallest absolute Gasteiger partial charge is 0.330 e. The molecule has 0 atom stereocenters. The number of benzene rings is 1. The molecule has 4 aliphatic carbocycles. The van der Waals surface area contributed by atoms with E-state index < -0.39 is 16.7 Å². The molecular formula is C25H32N4O4. The maximum atomic E-state index is 14.1. The number of nitrogens with zero attached hydrogens (tertiary/aromatic N) is 2. The summed E-state index contributed by atoms with van der Waals surface area (Å²) in [5, 5.41) is 0. The van der Waals surface area contributed by atoms with Crippen LogP contribution >= 0.6 is 0 Å². The molecule has 3 N–H and O–H groups in total. The second-order valence-electron chi connectivity index (χ2n) is 10.2. The molecule has 4 fully saturated rings. The first-order chi connectivity index (χ1) is 15.9. The number of ether oxygens (including phenoxy) is 1. The SMILES string of the molecule is COCCN(C(=O)C12CC3CC(CC(C3)C1)C2)c1c(N)n(Cc2ccccc2)c(=O)[nH]c1=O.